The van der Waals surface area contributed by atoms with E-state index in [4.69, 9.17) is 0 Å². The highest BCUT2D eigenvalue weighted by molar-refractivity contribution is 7.97. The molecule has 1 aromatic rings. The molecule has 1 heterocycles. The first kappa shape index (κ1) is 22.4. The molecule has 1 rings (SSSR count). The van der Waals surface area contributed by atoms with Crippen molar-refractivity contribution in [2.24, 2.45) is 10.8 Å². The summed E-state index contributed by atoms with van der Waals surface area (Å²) in [4.78, 5) is 28.9. The molecule has 2 amide bonds. The third-order valence-corrected chi connectivity index (χ3v) is 4.95. The Morgan fingerprint density at radius 3 is 2.35 bits per heavy atom. The number of amides is 2. The third-order valence-electron chi connectivity index (χ3n) is 4.04. The number of likely N-dealkylation sites (N-methyl/N-ethyl adjacent to an activating group) is 1. The fourth-order valence-electron chi connectivity index (χ4n) is 2.21. The molecule has 0 aliphatic carbocycles. The van der Waals surface area contributed by atoms with Gasteiger partial charge < -0.3 is 15.4 Å². The second kappa shape index (κ2) is 9.37. The molecule has 0 radical (unpaired) electrons. The predicted molar refractivity (Wildman–Crippen MR) is 107 cm³/mol. The van der Waals surface area contributed by atoms with Crippen LogP contribution in [0.25, 0.3) is 0 Å². The largest absolute Gasteiger partial charge is 0.334 e. The number of hydrogen-bond donors (Lipinski definition) is 2. The maximum atomic E-state index is 12.4. The van der Waals surface area contributed by atoms with Crippen LogP contribution in [0.15, 0.2) is 29.4 Å². The van der Waals surface area contributed by atoms with Crippen LogP contribution >= 0.6 is 11.9 Å². The van der Waals surface area contributed by atoms with Gasteiger partial charge in [0.1, 0.15) is 6.29 Å². The molecule has 2 N–H and O–H groups in total. The van der Waals surface area contributed by atoms with Crippen LogP contribution in [0.4, 0.5) is 4.79 Å². The zero-order valence-electron chi connectivity index (χ0n) is 16.9. The van der Waals surface area contributed by atoms with Gasteiger partial charge in [-0.3, -0.25) is 4.98 Å². The summed E-state index contributed by atoms with van der Waals surface area (Å²) in [7, 11) is 1.99. The van der Waals surface area contributed by atoms with Crippen LogP contribution in [0.1, 0.15) is 41.5 Å². The lowest BCUT2D eigenvalue weighted by atomic mass is 9.86. The monoisotopic (exact) mass is 380 g/mol. The zero-order chi connectivity index (χ0) is 20.0. The highest BCUT2D eigenvalue weighted by atomic mass is 32.2. The highest BCUT2D eigenvalue weighted by Crippen LogP contribution is 2.25. The number of nitrogens with zero attached hydrogens (tertiary/aromatic N) is 2. The average molecular weight is 381 g/mol. The van der Waals surface area contributed by atoms with Crippen LogP contribution in [-0.4, -0.2) is 47.3 Å². The summed E-state index contributed by atoms with van der Waals surface area (Å²) < 4.78 is 2.08. The van der Waals surface area contributed by atoms with Crippen molar-refractivity contribution in [2.45, 2.75) is 58.5 Å². The van der Waals surface area contributed by atoms with Crippen molar-refractivity contribution in [2.75, 3.05) is 13.6 Å². The fourth-order valence-corrected chi connectivity index (χ4v) is 3.04. The van der Waals surface area contributed by atoms with E-state index < -0.39 is 6.04 Å². The van der Waals surface area contributed by atoms with Gasteiger partial charge in [0, 0.05) is 29.9 Å². The number of aromatic nitrogens is 1. The molecule has 0 saturated carbocycles. The van der Waals surface area contributed by atoms with Gasteiger partial charge in [0.2, 0.25) is 0 Å². The summed E-state index contributed by atoms with van der Waals surface area (Å²) in [6, 6.07) is 2.94. The Labute approximate surface area is 161 Å². The molecule has 0 fully saturated rings. The van der Waals surface area contributed by atoms with Crippen molar-refractivity contribution < 1.29 is 9.59 Å². The fraction of sp³-hybridized carbons (Fsp3) is 0.632. The standard InChI is InChI=1S/C19H32N4O2S/c1-18(2,3)15(12-23(7)26-14-9-8-10-20-11-14)21-17(25)22-16(13-24)19(4,5)6/h8-11,13,15-16H,12H2,1-7H3,(H2,21,22,25). The second-order valence-corrected chi connectivity index (χ2v) is 9.88. The second-order valence-electron chi connectivity index (χ2n) is 8.61. The average Bonchev–Trinajstić information content (AvgIpc) is 2.50. The SMILES string of the molecule is CN(CC(NC(=O)NC(C=O)C(C)(C)C)C(C)(C)C)Sc1cccnc1. The summed E-state index contributed by atoms with van der Waals surface area (Å²) in [6.07, 6.45) is 4.34. The maximum absolute atomic E-state index is 12.4. The van der Waals surface area contributed by atoms with Crippen LogP contribution in [0.2, 0.25) is 0 Å². The highest BCUT2D eigenvalue weighted by Gasteiger charge is 2.30. The Balaban J connectivity index is 2.72. The third kappa shape index (κ3) is 7.74. The van der Waals surface area contributed by atoms with E-state index >= 15 is 0 Å². The minimum Gasteiger partial charge on any atom is -0.334 e. The minimum atomic E-state index is -0.536. The maximum Gasteiger partial charge on any atom is 0.315 e. The number of rotatable bonds is 7. The molecule has 0 aromatic carbocycles. The van der Waals surface area contributed by atoms with E-state index in [1.165, 1.54) is 0 Å². The number of pyridine rings is 1. The van der Waals surface area contributed by atoms with Gasteiger partial charge in [-0.15, -0.1) is 0 Å². The summed E-state index contributed by atoms with van der Waals surface area (Å²) in [5.74, 6) is 0. The first-order valence-electron chi connectivity index (χ1n) is 8.75. The lowest BCUT2D eigenvalue weighted by Crippen LogP contribution is -2.55. The van der Waals surface area contributed by atoms with Gasteiger partial charge in [-0.1, -0.05) is 41.5 Å². The first-order chi connectivity index (χ1) is 11.9. The van der Waals surface area contributed by atoms with Crippen LogP contribution in [0.3, 0.4) is 0 Å². The summed E-state index contributed by atoms with van der Waals surface area (Å²) in [5.41, 5.74) is -0.469. The number of carbonyl (C=O) groups is 2. The van der Waals surface area contributed by atoms with E-state index in [0.29, 0.717) is 6.54 Å². The predicted octanol–water partition coefficient (Wildman–Crippen LogP) is 3.35. The molecule has 0 saturated heterocycles. The smallest absolute Gasteiger partial charge is 0.315 e. The zero-order valence-corrected chi connectivity index (χ0v) is 17.7. The Morgan fingerprint density at radius 1 is 1.23 bits per heavy atom. The van der Waals surface area contributed by atoms with Crippen molar-refractivity contribution in [3.8, 4) is 0 Å². The quantitative estimate of drug-likeness (QED) is 0.560. The number of nitrogens with one attached hydrogen (secondary N) is 2. The first-order valence-corrected chi connectivity index (χ1v) is 9.52. The molecule has 0 aliphatic heterocycles. The van der Waals surface area contributed by atoms with Gasteiger partial charge in [0.25, 0.3) is 0 Å². The van der Waals surface area contributed by atoms with Gasteiger partial charge >= 0.3 is 6.03 Å². The lowest BCUT2D eigenvalue weighted by Gasteiger charge is -2.35. The van der Waals surface area contributed by atoms with Gasteiger partial charge in [0.05, 0.1) is 6.04 Å². The van der Waals surface area contributed by atoms with Crippen molar-refractivity contribution in [1.82, 2.24) is 19.9 Å². The number of hydrogen-bond acceptors (Lipinski definition) is 5. The number of carbonyl (C=O) groups excluding carboxylic acids is 2. The summed E-state index contributed by atoms with van der Waals surface area (Å²) in [5, 5.41) is 5.81. The normalized spacial score (nSPS) is 14.6. The number of urea groups is 1. The van der Waals surface area contributed by atoms with E-state index in [0.717, 1.165) is 11.2 Å². The van der Waals surface area contributed by atoms with E-state index in [1.54, 1.807) is 18.1 Å². The van der Waals surface area contributed by atoms with E-state index in [9.17, 15) is 9.59 Å². The molecule has 146 valence electrons. The van der Waals surface area contributed by atoms with Crippen molar-refractivity contribution >= 4 is 24.3 Å². The van der Waals surface area contributed by atoms with Crippen LogP contribution in [-0.2, 0) is 4.79 Å². The Bertz CT molecular complexity index is 581. The Morgan fingerprint density at radius 2 is 1.88 bits per heavy atom. The molecular formula is C19H32N4O2S. The molecule has 26 heavy (non-hydrogen) atoms. The molecule has 2 atom stereocenters. The summed E-state index contributed by atoms with van der Waals surface area (Å²) in [6.45, 7) is 12.7. The van der Waals surface area contributed by atoms with Gasteiger partial charge in [-0.2, -0.15) is 0 Å². The molecule has 0 bridgehead atoms. The Kier molecular flexibility index (Phi) is 8.09. The van der Waals surface area contributed by atoms with Crippen LogP contribution in [0, 0.1) is 10.8 Å². The molecular weight excluding hydrogens is 348 g/mol. The van der Waals surface area contributed by atoms with Crippen LogP contribution in [0.5, 0.6) is 0 Å². The van der Waals surface area contributed by atoms with Crippen molar-refractivity contribution in [3.63, 3.8) is 0 Å². The van der Waals surface area contributed by atoms with Crippen LogP contribution < -0.4 is 10.6 Å². The van der Waals surface area contributed by atoms with Gasteiger partial charge in [-0.25, -0.2) is 9.10 Å². The molecule has 7 heteroatoms. The summed E-state index contributed by atoms with van der Waals surface area (Å²) >= 11 is 1.58. The Hall–Kier alpha value is -1.60. The van der Waals surface area contributed by atoms with Crippen molar-refractivity contribution in [1.29, 1.82) is 0 Å². The van der Waals surface area contributed by atoms with Gasteiger partial charge in [0.15, 0.2) is 0 Å². The van der Waals surface area contributed by atoms with Gasteiger partial charge in [-0.05, 0) is 42.0 Å². The van der Waals surface area contributed by atoms with Crippen molar-refractivity contribution in [3.05, 3.63) is 24.5 Å². The minimum absolute atomic E-state index is 0.0936. The molecule has 0 aliphatic rings. The lowest BCUT2D eigenvalue weighted by molar-refractivity contribution is -0.111. The topological polar surface area (TPSA) is 74.3 Å². The van der Waals surface area contributed by atoms with E-state index in [2.05, 4.69) is 40.7 Å². The van der Waals surface area contributed by atoms with E-state index in [-0.39, 0.29) is 22.9 Å². The molecule has 6 nitrogen and oxygen atoms in total. The molecule has 1 aromatic heterocycles. The van der Waals surface area contributed by atoms with E-state index in [1.807, 2.05) is 46.1 Å². The molecule has 2 unspecified atom stereocenters. The number of aldehydes is 1. The molecule has 0 spiro atoms.